The molecule has 0 aliphatic carbocycles. The molecular weight excluding hydrogens is 407 g/mol. The Morgan fingerprint density at radius 1 is 1.08 bits per heavy atom. The highest BCUT2D eigenvalue weighted by Crippen LogP contribution is 2.33. The third-order valence-corrected chi connectivity index (χ3v) is 3.59. The van der Waals surface area contributed by atoms with Crippen molar-refractivity contribution in [1.82, 2.24) is 0 Å². The Bertz CT molecular complexity index is 679. The van der Waals surface area contributed by atoms with Gasteiger partial charge in [-0.05, 0) is 32.9 Å². The molecule has 1 aliphatic heterocycles. The number of anilines is 2. The van der Waals surface area contributed by atoms with E-state index in [2.05, 4.69) is 10.6 Å². The average molecular weight is 426 g/mol. The van der Waals surface area contributed by atoms with Crippen LogP contribution in [0.25, 0.3) is 0 Å². The molecule has 0 radical (unpaired) electrons. The van der Waals surface area contributed by atoms with Crippen molar-refractivity contribution in [2.45, 2.75) is 36.5 Å². The summed E-state index contributed by atoms with van der Waals surface area (Å²) in [5.74, 6) is -0.865. The Labute approximate surface area is 166 Å². The van der Waals surface area contributed by atoms with E-state index in [0.29, 0.717) is 18.8 Å². The molecule has 144 valence electrons. The molecule has 1 aliphatic rings. The van der Waals surface area contributed by atoms with Crippen LogP contribution in [0.1, 0.15) is 32.6 Å². The van der Waals surface area contributed by atoms with Gasteiger partial charge in [-0.2, -0.15) is 0 Å². The number of hydrogen-bond acceptors (Lipinski definition) is 5. The van der Waals surface area contributed by atoms with Crippen LogP contribution in [0.2, 0.25) is 0 Å². The van der Waals surface area contributed by atoms with Crippen molar-refractivity contribution >= 4 is 58.2 Å². The number of alkyl halides is 3. The van der Waals surface area contributed by atoms with Crippen molar-refractivity contribution < 1.29 is 23.8 Å². The molecule has 1 aromatic carbocycles. The molecule has 0 atom stereocenters. The second-order valence-electron chi connectivity index (χ2n) is 6.46. The van der Waals surface area contributed by atoms with Gasteiger partial charge in [0.1, 0.15) is 5.60 Å². The highest BCUT2D eigenvalue weighted by Gasteiger charge is 2.31. The van der Waals surface area contributed by atoms with Gasteiger partial charge in [-0.25, -0.2) is 4.79 Å². The second-order valence-corrected chi connectivity index (χ2v) is 8.74. The molecule has 0 bridgehead atoms. The molecule has 0 unspecified atom stereocenters. The predicted molar refractivity (Wildman–Crippen MR) is 99.9 cm³/mol. The summed E-state index contributed by atoms with van der Waals surface area (Å²) in [5.41, 5.74) is 0.438. The van der Waals surface area contributed by atoms with E-state index in [4.69, 9.17) is 49.0 Å². The van der Waals surface area contributed by atoms with Crippen LogP contribution in [0.5, 0.6) is 0 Å². The summed E-state index contributed by atoms with van der Waals surface area (Å²) < 4.78 is 14.0. The minimum Gasteiger partial charge on any atom is -0.444 e. The van der Waals surface area contributed by atoms with Gasteiger partial charge in [-0.3, -0.25) is 10.1 Å². The quantitative estimate of drug-likeness (QED) is 0.702. The highest BCUT2D eigenvalue weighted by atomic mass is 35.6. The van der Waals surface area contributed by atoms with Gasteiger partial charge in [0.2, 0.25) is 0 Å². The molecule has 2 rings (SSSR count). The van der Waals surface area contributed by atoms with Crippen LogP contribution in [-0.4, -0.2) is 34.6 Å². The van der Waals surface area contributed by atoms with E-state index in [0.717, 1.165) is 0 Å². The van der Waals surface area contributed by atoms with E-state index in [1.54, 1.807) is 39.0 Å². The summed E-state index contributed by atoms with van der Waals surface area (Å²) in [4.78, 5) is 24.1. The van der Waals surface area contributed by atoms with Gasteiger partial charge in [-0.1, -0.05) is 40.9 Å². The van der Waals surface area contributed by atoms with Crippen molar-refractivity contribution in [2.75, 3.05) is 23.8 Å². The first kappa shape index (κ1) is 21.1. The summed E-state index contributed by atoms with van der Waals surface area (Å²) in [6.07, 6.45) is -1.26. The van der Waals surface area contributed by atoms with E-state index in [1.165, 1.54) is 0 Å². The SMILES string of the molecule is CC(C)(C)OC(=O)Nc1cc(C2OCCO2)ccc1NC(=O)C(Cl)(Cl)Cl. The second kappa shape index (κ2) is 8.19. The van der Waals surface area contributed by atoms with Crippen LogP contribution < -0.4 is 10.6 Å². The largest absolute Gasteiger partial charge is 0.444 e. The molecule has 0 aromatic heterocycles. The number of carbonyl (C=O) groups excluding carboxylic acids is 2. The average Bonchev–Trinajstić information content (AvgIpc) is 3.00. The van der Waals surface area contributed by atoms with Gasteiger partial charge in [0.25, 0.3) is 9.70 Å². The van der Waals surface area contributed by atoms with Crippen LogP contribution >= 0.6 is 34.8 Å². The third kappa shape index (κ3) is 6.17. The summed E-state index contributed by atoms with van der Waals surface area (Å²) >= 11 is 16.7. The molecule has 0 saturated carbocycles. The van der Waals surface area contributed by atoms with Gasteiger partial charge in [-0.15, -0.1) is 0 Å². The van der Waals surface area contributed by atoms with Crippen LogP contribution in [0.4, 0.5) is 16.2 Å². The lowest BCUT2D eigenvalue weighted by molar-refractivity contribution is -0.115. The molecule has 1 heterocycles. The van der Waals surface area contributed by atoms with Crippen molar-refractivity contribution in [2.24, 2.45) is 0 Å². The smallest absolute Gasteiger partial charge is 0.412 e. The van der Waals surface area contributed by atoms with Crippen molar-refractivity contribution in [1.29, 1.82) is 0 Å². The Morgan fingerprint density at radius 3 is 2.23 bits per heavy atom. The topological polar surface area (TPSA) is 85.9 Å². The van der Waals surface area contributed by atoms with Gasteiger partial charge in [0.15, 0.2) is 6.29 Å². The normalized spacial score (nSPS) is 15.6. The number of rotatable bonds is 3. The zero-order valence-electron chi connectivity index (χ0n) is 14.4. The third-order valence-electron chi connectivity index (χ3n) is 3.08. The fourth-order valence-electron chi connectivity index (χ4n) is 2.08. The number of ether oxygens (including phenoxy) is 3. The van der Waals surface area contributed by atoms with E-state index in [-0.39, 0.29) is 11.4 Å². The number of hydrogen-bond donors (Lipinski definition) is 2. The van der Waals surface area contributed by atoms with Crippen LogP contribution in [0.3, 0.4) is 0 Å². The first-order valence-electron chi connectivity index (χ1n) is 7.71. The molecule has 1 saturated heterocycles. The number of nitrogens with one attached hydrogen (secondary N) is 2. The number of benzene rings is 1. The predicted octanol–water partition coefficient (Wildman–Crippen LogP) is 4.39. The zero-order valence-corrected chi connectivity index (χ0v) is 16.7. The molecule has 26 heavy (non-hydrogen) atoms. The highest BCUT2D eigenvalue weighted by molar-refractivity contribution is 6.76. The summed E-state index contributed by atoms with van der Waals surface area (Å²) in [5, 5.41) is 5.02. The summed E-state index contributed by atoms with van der Waals surface area (Å²) in [6, 6.07) is 4.81. The van der Waals surface area contributed by atoms with Crippen LogP contribution in [0.15, 0.2) is 18.2 Å². The molecule has 0 spiro atoms. The maximum atomic E-state index is 12.1. The number of carbonyl (C=O) groups is 2. The van der Waals surface area contributed by atoms with Gasteiger partial charge >= 0.3 is 6.09 Å². The van der Waals surface area contributed by atoms with Gasteiger partial charge in [0.05, 0.1) is 24.6 Å². The molecule has 2 N–H and O–H groups in total. The van der Waals surface area contributed by atoms with E-state index < -0.39 is 27.7 Å². The van der Waals surface area contributed by atoms with Crippen LogP contribution in [-0.2, 0) is 19.0 Å². The maximum absolute atomic E-state index is 12.1. The summed E-state index contributed by atoms with van der Waals surface area (Å²) in [7, 11) is 0. The van der Waals surface area contributed by atoms with Gasteiger partial charge in [0, 0.05) is 5.56 Å². The lowest BCUT2D eigenvalue weighted by atomic mass is 10.1. The van der Waals surface area contributed by atoms with Crippen molar-refractivity contribution in [3.05, 3.63) is 23.8 Å². The molecule has 1 fully saturated rings. The molecule has 2 amide bonds. The maximum Gasteiger partial charge on any atom is 0.412 e. The van der Waals surface area contributed by atoms with Crippen LogP contribution in [0, 0.1) is 0 Å². The zero-order chi connectivity index (χ0) is 19.5. The fourth-order valence-corrected chi connectivity index (χ4v) is 2.22. The van der Waals surface area contributed by atoms with Crippen molar-refractivity contribution in [3.63, 3.8) is 0 Å². The minimum atomic E-state index is -2.15. The van der Waals surface area contributed by atoms with E-state index in [1.807, 2.05) is 0 Å². The lowest BCUT2D eigenvalue weighted by Gasteiger charge is -2.21. The minimum absolute atomic E-state index is 0.230. The Hall–Kier alpha value is -1.25. The van der Waals surface area contributed by atoms with Crippen molar-refractivity contribution in [3.8, 4) is 0 Å². The lowest BCUT2D eigenvalue weighted by Crippen LogP contribution is -2.29. The molecule has 10 heteroatoms. The first-order valence-corrected chi connectivity index (χ1v) is 8.84. The van der Waals surface area contributed by atoms with E-state index in [9.17, 15) is 9.59 Å². The number of halogens is 3. The first-order chi connectivity index (χ1) is 12.0. The molecule has 7 nitrogen and oxygen atoms in total. The number of amides is 2. The van der Waals surface area contributed by atoms with Gasteiger partial charge < -0.3 is 19.5 Å². The van der Waals surface area contributed by atoms with E-state index >= 15 is 0 Å². The molecule has 1 aromatic rings. The standard InChI is InChI=1S/C16H19Cl3N2O5/c1-15(2,3)26-14(23)21-11-8-9(12-24-6-7-25-12)4-5-10(11)20-13(22)16(17,18)19/h4-5,8,12H,6-7H2,1-3H3,(H,20,22)(H,21,23). The monoisotopic (exact) mass is 424 g/mol. The Balaban J connectivity index is 2.27. The Morgan fingerprint density at radius 2 is 1.69 bits per heavy atom. The summed E-state index contributed by atoms with van der Waals surface area (Å²) in [6.45, 7) is 6.12. The fraction of sp³-hybridized carbons (Fsp3) is 0.500. The Kier molecular flexibility index (Phi) is 6.63. The molecular formula is C16H19Cl3N2O5.